The first-order valence-corrected chi connectivity index (χ1v) is 8.56. The van der Waals surface area contributed by atoms with Crippen molar-refractivity contribution in [3.8, 4) is 5.69 Å². The predicted octanol–water partition coefficient (Wildman–Crippen LogP) is 3.10. The Balaban J connectivity index is 2.08. The van der Waals surface area contributed by atoms with Crippen molar-refractivity contribution in [3.05, 3.63) is 63.7 Å². The molecule has 0 spiro atoms. The lowest BCUT2D eigenvalue weighted by molar-refractivity contribution is 0.0695. The smallest absolute Gasteiger partial charge is 0.341 e. The summed E-state index contributed by atoms with van der Waals surface area (Å²) in [5.74, 6) is -4.10. The average molecular weight is 389 g/mol. The second-order valence-electron chi connectivity index (χ2n) is 6.50. The van der Waals surface area contributed by atoms with E-state index in [9.17, 15) is 27.9 Å². The number of hydrogen-bond acceptors (Lipinski definition) is 4. The summed E-state index contributed by atoms with van der Waals surface area (Å²) < 4.78 is 43.3. The third-order valence-corrected chi connectivity index (χ3v) is 4.72. The number of fused-ring (bicyclic) bond motifs is 1. The Labute approximate surface area is 156 Å². The zero-order chi connectivity index (χ0) is 20.0. The molecule has 0 amide bonds. The second-order valence-corrected chi connectivity index (χ2v) is 6.50. The summed E-state index contributed by atoms with van der Waals surface area (Å²) in [6.45, 7) is 1.16. The molecule has 0 radical (unpaired) electrons. The van der Waals surface area contributed by atoms with Crippen molar-refractivity contribution in [1.29, 1.82) is 0 Å². The van der Waals surface area contributed by atoms with Gasteiger partial charge in [0.05, 0.1) is 11.1 Å². The van der Waals surface area contributed by atoms with Crippen molar-refractivity contribution in [1.82, 2.24) is 9.55 Å². The first-order chi connectivity index (χ1) is 13.4. The van der Waals surface area contributed by atoms with E-state index in [0.717, 1.165) is 41.8 Å². The van der Waals surface area contributed by atoms with Crippen LogP contribution in [0.4, 0.5) is 19.0 Å². The highest BCUT2D eigenvalue weighted by atomic mass is 19.1. The number of aromatic nitrogens is 2. The zero-order valence-electron chi connectivity index (χ0n) is 14.5. The number of carboxylic acids is 1. The highest BCUT2D eigenvalue weighted by molar-refractivity contribution is 5.92. The minimum Gasteiger partial charge on any atom is -0.477 e. The van der Waals surface area contributed by atoms with Gasteiger partial charge in [0.2, 0.25) is 5.43 Å². The van der Waals surface area contributed by atoms with Crippen LogP contribution in [0.1, 0.15) is 23.2 Å². The molecule has 1 aromatic carbocycles. The van der Waals surface area contributed by atoms with E-state index >= 15 is 0 Å². The highest BCUT2D eigenvalue weighted by Crippen LogP contribution is 2.26. The van der Waals surface area contributed by atoms with E-state index < -0.39 is 34.4 Å². The van der Waals surface area contributed by atoms with Crippen molar-refractivity contribution in [3.63, 3.8) is 0 Å². The van der Waals surface area contributed by atoms with Gasteiger partial charge in [0.15, 0.2) is 17.3 Å². The molecule has 1 fully saturated rings. The number of aromatic carboxylic acids is 1. The first kappa shape index (κ1) is 18.0. The van der Waals surface area contributed by atoms with E-state index in [0.29, 0.717) is 19.2 Å². The molecule has 3 aromatic rings. The standard InChI is InChI=1S/C19H14F3N3O3/c20-10-3-4-15(13(21)7-10)25-9-12(19(27)28)16(26)11-8-14(22)18(23-17(11)25)24-5-1-2-6-24/h3-4,7-9H,1-2,5-6H2,(H,27,28). The van der Waals surface area contributed by atoms with Crippen LogP contribution in [-0.2, 0) is 0 Å². The summed E-state index contributed by atoms with van der Waals surface area (Å²) >= 11 is 0. The van der Waals surface area contributed by atoms with Gasteiger partial charge in [-0.1, -0.05) is 0 Å². The van der Waals surface area contributed by atoms with Crippen LogP contribution >= 0.6 is 0 Å². The Kier molecular flexibility index (Phi) is 4.29. The van der Waals surface area contributed by atoms with Crippen LogP contribution in [-0.4, -0.2) is 33.7 Å². The highest BCUT2D eigenvalue weighted by Gasteiger charge is 2.23. The van der Waals surface area contributed by atoms with Gasteiger partial charge in [-0.05, 0) is 31.0 Å². The lowest BCUT2D eigenvalue weighted by Crippen LogP contribution is -2.23. The maximum Gasteiger partial charge on any atom is 0.341 e. The number of halogens is 3. The van der Waals surface area contributed by atoms with Crippen molar-refractivity contribution < 1.29 is 23.1 Å². The molecule has 28 heavy (non-hydrogen) atoms. The van der Waals surface area contributed by atoms with Gasteiger partial charge in [0.25, 0.3) is 0 Å². The number of pyridine rings is 2. The molecule has 1 N–H and O–H groups in total. The van der Waals surface area contributed by atoms with Crippen molar-refractivity contribution in [2.24, 2.45) is 0 Å². The molecule has 0 atom stereocenters. The quantitative estimate of drug-likeness (QED) is 0.745. The molecule has 0 saturated carbocycles. The van der Waals surface area contributed by atoms with Gasteiger partial charge in [-0.15, -0.1) is 0 Å². The molecular weight excluding hydrogens is 375 g/mol. The number of benzene rings is 1. The summed E-state index contributed by atoms with van der Waals surface area (Å²) in [5.41, 5.74) is -1.92. The van der Waals surface area contributed by atoms with Crippen LogP contribution in [0.25, 0.3) is 16.7 Å². The van der Waals surface area contributed by atoms with Crippen LogP contribution < -0.4 is 10.3 Å². The minimum atomic E-state index is -1.55. The Hall–Kier alpha value is -3.36. The van der Waals surface area contributed by atoms with Gasteiger partial charge in [0.1, 0.15) is 17.2 Å². The number of hydrogen-bond donors (Lipinski definition) is 1. The fourth-order valence-electron chi connectivity index (χ4n) is 3.38. The Morgan fingerprint density at radius 3 is 2.43 bits per heavy atom. The van der Waals surface area contributed by atoms with E-state index in [1.165, 1.54) is 0 Å². The summed E-state index contributed by atoms with van der Waals surface area (Å²) in [6, 6.07) is 3.64. The molecule has 3 heterocycles. The van der Waals surface area contributed by atoms with Crippen LogP contribution in [0, 0.1) is 17.5 Å². The van der Waals surface area contributed by atoms with Gasteiger partial charge < -0.3 is 10.0 Å². The molecule has 0 bridgehead atoms. The first-order valence-electron chi connectivity index (χ1n) is 8.56. The number of carboxylic acid groups (broad SMARTS) is 1. The number of rotatable bonds is 3. The topological polar surface area (TPSA) is 75.4 Å². The SMILES string of the molecule is O=C(O)c1cn(-c2ccc(F)cc2F)c2nc(N3CCCC3)c(F)cc2c1=O. The summed E-state index contributed by atoms with van der Waals surface area (Å²) in [7, 11) is 0. The number of carbonyl (C=O) groups is 1. The Morgan fingerprint density at radius 1 is 1.07 bits per heavy atom. The lowest BCUT2D eigenvalue weighted by atomic mass is 10.1. The zero-order valence-corrected chi connectivity index (χ0v) is 14.5. The molecule has 9 heteroatoms. The third kappa shape index (κ3) is 2.88. The third-order valence-electron chi connectivity index (χ3n) is 4.72. The Bertz CT molecular complexity index is 1170. The average Bonchev–Trinajstić information content (AvgIpc) is 3.17. The normalized spacial score (nSPS) is 14.0. The minimum absolute atomic E-state index is 0.00347. The molecule has 2 aromatic heterocycles. The van der Waals surface area contributed by atoms with Gasteiger partial charge >= 0.3 is 5.97 Å². The molecule has 4 rings (SSSR count). The summed E-state index contributed by atoms with van der Waals surface area (Å²) in [4.78, 5) is 29.9. The lowest BCUT2D eigenvalue weighted by Gasteiger charge is -2.19. The van der Waals surface area contributed by atoms with Crippen molar-refractivity contribution >= 4 is 22.8 Å². The van der Waals surface area contributed by atoms with Gasteiger partial charge in [-0.3, -0.25) is 9.36 Å². The largest absolute Gasteiger partial charge is 0.477 e. The fourth-order valence-corrected chi connectivity index (χ4v) is 3.38. The maximum absolute atomic E-state index is 14.6. The molecule has 0 unspecified atom stereocenters. The van der Waals surface area contributed by atoms with Crippen molar-refractivity contribution in [2.45, 2.75) is 12.8 Å². The predicted molar refractivity (Wildman–Crippen MR) is 95.6 cm³/mol. The van der Waals surface area contributed by atoms with Crippen LogP contribution in [0.5, 0.6) is 0 Å². The van der Waals surface area contributed by atoms with Gasteiger partial charge in [-0.2, -0.15) is 0 Å². The van der Waals surface area contributed by atoms with Gasteiger partial charge in [-0.25, -0.2) is 22.9 Å². The van der Waals surface area contributed by atoms with Gasteiger partial charge in [0, 0.05) is 25.4 Å². The molecule has 1 saturated heterocycles. The number of anilines is 1. The molecule has 1 aliphatic rings. The second kappa shape index (κ2) is 6.66. The summed E-state index contributed by atoms with van der Waals surface area (Å²) in [6.07, 6.45) is 2.63. The van der Waals surface area contributed by atoms with Crippen LogP contribution in [0.2, 0.25) is 0 Å². The van der Waals surface area contributed by atoms with E-state index in [1.54, 1.807) is 4.90 Å². The van der Waals surface area contributed by atoms with Crippen molar-refractivity contribution in [2.75, 3.05) is 18.0 Å². The molecular formula is C19H14F3N3O3. The van der Waals surface area contributed by atoms with E-state index in [-0.39, 0.29) is 22.5 Å². The van der Waals surface area contributed by atoms with Crippen LogP contribution in [0.15, 0.2) is 35.3 Å². The maximum atomic E-state index is 14.6. The monoisotopic (exact) mass is 389 g/mol. The molecule has 1 aliphatic heterocycles. The van der Waals surface area contributed by atoms with Crippen LogP contribution in [0.3, 0.4) is 0 Å². The molecule has 144 valence electrons. The van der Waals surface area contributed by atoms with E-state index in [2.05, 4.69) is 4.98 Å². The summed E-state index contributed by atoms with van der Waals surface area (Å²) in [5, 5.41) is 9.02. The number of nitrogens with zero attached hydrogens (tertiary/aromatic N) is 3. The molecule has 6 nitrogen and oxygen atoms in total. The van der Waals surface area contributed by atoms with E-state index in [1.807, 2.05) is 0 Å². The molecule has 0 aliphatic carbocycles. The Morgan fingerprint density at radius 2 is 1.79 bits per heavy atom. The van der Waals surface area contributed by atoms with E-state index in [4.69, 9.17) is 0 Å². The fraction of sp³-hybridized carbons (Fsp3) is 0.211.